The summed E-state index contributed by atoms with van der Waals surface area (Å²) in [6.45, 7) is 7.00. The number of halogens is 3. The molecule has 1 unspecified atom stereocenters. The minimum absolute atomic E-state index is 0.138. The molecule has 1 aliphatic carbocycles. The SMILES string of the molecule is CC(C)(C)OC(=O)NCC(O)(c1nc(-c2ccc(F)cc2)c(F)c(C(C)(C)O)c1F)C1CC1. The molecule has 1 aromatic heterocycles. The highest BCUT2D eigenvalue weighted by molar-refractivity contribution is 5.68. The van der Waals surface area contributed by atoms with Crippen LogP contribution < -0.4 is 5.32 Å². The van der Waals surface area contributed by atoms with Crippen LogP contribution >= 0.6 is 0 Å². The summed E-state index contributed by atoms with van der Waals surface area (Å²) in [7, 11) is 0. The number of alkyl carbamates (subject to hydrolysis) is 1. The number of benzene rings is 1. The lowest BCUT2D eigenvalue weighted by Gasteiger charge is -2.31. The van der Waals surface area contributed by atoms with Crippen molar-refractivity contribution < 1.29 is 32.9 Å². The summed E-state index contributed by atoms with van der Waals surface area (Å²) < 4.78 is 49.6. The number of aromatic nitrogens is 1. The molecule has 3 N–H and O–H groups in total. The molecule has 9 heteroatoms. The molecular formula is C24H29F3N2O4. The standard InChI is InChI=1S/C24H29F3N2O4/c1-22(2,3)33-21(30)28-12-24(32,14-8-9-14)20-18(27)16(23(4,5)31)17(26)19(29-20)13-6-10-15(25)11-7-13/h6-7,10-11,14,31-32H,8-9,12H2,1-5H3,(H,28,30). The van der Waals surface area contributed by atoms with Crippen molar-refractivity contribution in [1.29, 1.82) is 0 Å². The van der Waals surface area contributed by atoms with E-state index in [-0.39, 0.29) is 11.3 Å². The Bertz CT molecular complexity index is 1040. The maximum absolute atomic E-state index is 15.6. The average Bonchev–Trinajstić information content (AvgIpc) is 3.50. The molecule has 0 radical (unpaired) electrons. The fraction of sp³-hybridized carbons (Fsp3) is 0.500. The number of nitrogens with one attached hydrogen (secondary N) is 1. The molecule has 0 spiro atoms. The van der Waals surface area contributed by atoms with Gasteiger partial charge in [-0.05, 0) is 77.6 Å². The Hall–Kier alpha value is -2.65. The summed E-state index contributed by atoms with van der Waals surface area (Å²) in [5.74, 6) is -3.32. The van der Waals surface area contributed by atoms with Crippen molar-refractivity contribution in [2.45, 2.75) is 64.3 Å². The van der Waals surface area contributed by atoms with E-state index in [4.69, 9.17) is 4.74 Å². The number of ether oxygens (including phenoxy) is 1. The molecule has 0 bridgehead atoms. The lowest BCUT2D eigenvalue weighted by Crippen LogP contribution is -2.45. The Labute approximate surface area is 190 Å². The first-order valence-corrected chi connectivity index (χ1v) is 10.7. The molecule has 1 amide bonds. The number of pyridine rings is 1. The van der Waals surface area contributed by atoms with Gasteiger partial charge < -0.3 is 20.3 Å². The van der Waals surface area contributed by atoms with Gasteiger partial charge in [-0.3, -0.25) is 0 Å². The van der Waals surface area contributed by atoms with E-state index >= 15 is 8.78 Å². The highest BCUT2D eigenvalue weighted by Crippen LogP contribution is 2.47. The molecule has 1 atom stereocenters. The van der Waals surface area contributed by atoms with Crippen LogP contribution in [0.15, 0.2) is 24.3 Å². The summed E-state index contributed by atoms with van der Waals surface area (Å²) in [5.41, 5.74) is -6.11. The summed E-state index contributed by atoms with van der Waals surface area (Å²) in [6.07, 6.45) is 0.259. The molecule has 0 saturated heterocycles. The van der Waals surface area contributed by atoms with Crippen LogP contribution in [0, 0.1) is 23.4 Å². The number of aliphatic hydroxyl groups is 2. The van der Waals surface area contributed by atoms with Gasteiger partial charge in [0.1, 0.15) is 28.4 Å². The van der Waals surface area contributed by atoms with Crippen molar-refractivity contribution >= 4 is 6.09 Å². The van der Waals surface area contributed by atoms with Gasteiger partial charge in [-0.15, -0.1) is 0 Å². The predicted octanol–water partition coefficient (Wildman–Crippen LogP) is 4.52. The maximum Gasteiger partial charge on any atom is 0.407 e. The van der Waals surface area contributed by atoms with Gasteiger partial charge in [0.25, 0.3) is 0 Å². The number of hydrogen-bond acceptors (Lipinski definition) is 5. The average molecular weight is 467 g/mol. The Kier molecular flexibility index (Phi) is 6.52. The van der Waals surface area contributed by atoms with Crippen molar-refractivity contribution in [3.8, 4) is 11.3 Å². The van der Waals surface area contributed by atoms with Crippen LogP contribution in [0.5, 0.6) is 0 Å². The fourth-order valence-corrected chi connectivity index (χ4v) is 3.67. The van der Waals surface area contributed by atoms with E-state index in [9.17, 15) is 19.4 Å². The molecule has 33 heavy (non-hydrogen) atoms. The van der Waals surface area contributed by atoms with Gasteiger partial charge in [-0.1, -0.05) is 0 Å². The molecule has 0 aliphatic heterocycles. The van der Waals surface area contributed by atoms with Crippen LogP contribution in [-0.2, 0) is 15.9 Å². The van der Waals surface area contributed by atoms with Gasteiger partial charge in [-0.25, -0.2) is 22.9 Å². The zero-order valence-electron chi connectivity index (χ0n) is 19.3. The molecular weight excluding hydrogens is 437 g/mol. The van der Waals surface area contributed by atoms with E-state index in [0.29, 0.717) is 12.8 Å². The van der Waals surface area contributed by atoms with E-state index in [2.05, 4.69) is 10.3 Å². The molecule has 1 saturated carbocycles. The molecule has 1 aromatic carbocycles. The number of carbonyl (C=O) groups excluding carboxylic acids is 1. The van der Waals surface area contributed by atoms with E-state index in [0.717, 1.165) is 12.1 Å². The largest absolute Gasteiger partial charge is 0.444 e. The van der Waals surface area contributed by atoms with Crippen molar-refractivity contribution in [2.75, 3.05) is 6.54 Å². The van der Waals surface area contributed by atoms with E-state index < -0.39 is 64.1 Å². The molecule has 1 fully saturated rings. The molecule has 180 valence electrons. The van der Waals surface area contributed by atoms with E-state index in [1.54, 1.807) is 20.8 Å². The van der Waals surface area contributed by atoms with Crippen molar-refractivity contribution in [3.63, 3.8) is 0 Å². The summed E-state index contributed by atoms with van der Waals surface area (Å²) >= 11 is 0. The second kappa shape index (κ2) is 8.61. The summed E-state index contributed by atoms with van der Waals surface area (Å²) in [5, 5.41) is 24.5. The Balaban J connectivity index is 2.13. The summed E-state index contributed by atoms with van der Waals surface area (Å²) in [4.78, 5) is 16.3. The quantitative estimate of drug-likeness (QED) is 0.583. The van der Waals surface area contributed by atoms with Crippen LogP contribution in [0.2, 0.25) is 0 Å². The van der Waals surface area contributed by atoms with E-state index in [1.165, 1.54) is 26.0 Å². The van der Waals surface area contributed by atoms with Gasteiger partial charge in [-0.2, -0.15) is 0 Å². The van der Waals surface area contributed by atoms with Crippen molar-refractivity contribution in [3.05, 3.63) is 53.0 Å². The Morgan fingerprint density at radius 1 is 1.06 bits per heavy atom. The highest BCUT2D eigenvalue weighted by atomic mass is 19.1. The first kappa shape index (κ1) is 25.0. The van der Waals surface area contributed by atoms with Gasteiger partial charge in [0.05, 0.1) is 17.7 Å². The number of nitrogens with zero attached hydrogens (tertiary/aromatic N) is 1. The van der Waals surface area contributed by atoms with Crippen LogP contribution in [-0.4, -0.2) is 33.4 Å². The monoisotopic (exact) mass is 466 g/mol. The minimum Gasteiger partial charge on any atom is -0.444 e. The zero-order valence-corrected chi connectivity index (χ0v) is 19.3. The zero-order chi connectivity index (χ0) is 24.8. The second-order valence-corrected chi connectivity index (χ2v) is 9.93. The van der Waals surface area contributed by atoms with Crippen LogP contribution in [0.25, 0.3) is 11.3 Å². The minimum atomic E-state index is -1.98. The Morgan fingerprint density at radius 3 is 2.12 bits per heavy atom. The first-order chi connectivity index (χ1) is 15.1. The van der Waals surface area contributed by atoms with E-state index in [1.807, 2.05) is 0 Å². The van der Waals surface area contributed by atoms with Crippen molar-refractivity contribution in [1.82, 2.24) is 10.3 Å². The summed E-state index contributed by atoms with van der Waals surface area (Å²) in [6, 6.07) is 4.73. The third-order valence-electron chi connectivity index (χ3n) is 5.37. The molecule has 1 heterocycles. The van der Waals surface area contributed by atoms with Gasteiger partial charge in [0.2, 0.25) is 0 Å². The number of rotatable bonds is 6. The molecule has 6 nitrogen and oxygen atoms in total. The third-order valence-corrected chi connectivity index (χ3v) is 5.37. The molecule has 1 aliphatic rings. The van der Waals surface area contributed by atoms with Crippen LogP contribution in [0.4, 0.5) is 18.0 Å². The normalized spacial score (nSPS) is 16.3. The highest BCUT2D eigenvalue weighted by Gasteiger charge is 2.50. The van der Waals surface area contributed by atoms with Crippen molar-refractivity contribution in [2.24, 2.45) is 5.92 Å². The molecule has 3 rings (SSSR count). The molecule has 2 aromatic rings. The van der Waals surface area contributed by atoms with Gasteiger partial charge in [0, 0.05) is 5.56 Å². The Morgan fingerprint density at radius 2 is 1.64 bits per heavy atom. The topological polar surface area (TPSA) is 91.7 Å². The smallest absolute Gasteiger partial charge is 0.407 e. The van der Waals surface area contributed by atoms with Gasteiger partial charge >= 0.3 is 6.09 Å². The number of hydrogen-bond donors (Lipinski definition) is 3. The first-order valence-electron chi connectivity index (χ1n) is 10.7. The van der Waals surface area contributed by atoms with Crippen LogP contribution in [0.3, 0.4) is 0 Å². The van der Waals surface area contributed by atoms with Gasteiger partial charge in [0.15, 0.2) is 11.6 Å². The number of amides is 1. The number of carbonyl (C=O) groups is 1. The van der Waals surface area contributed by atoms with Crippen LogP contribution in [0.1, 0.15) is 58.7 Å². The lowest BCUT2D eigenvalue weighted by atomic mass is 9.87. The third kappa shape index (κ3) is 5.47. The lowest BCUT2D eigenvalue weighted by molar-refractivity contribution is -0.00264. The predicted molar refractivity (Wildman–Crippen MR) is 116 cm³/mol. The fourth-order valence-electron chi connectivity index (χ4n) is 3.67. The maximum atomic E-state index is 15.6. The second-order valence-electron chi connectivity index (χ2n) is 9.93.